The third-order valence-electron chi connectivity index (χ3n) is 3.46. The van der Waals surface area contributed by atoms with Crippen LogP contribution >= 0.6 is 12.4 Å². The first kappa shape index (κ1) is 16.9. The first-order chi connectivity index (χ1) is 8.88. The van der Waals surface area contributed by atoms with Gasteiger partial charge in [0.15, 0.2) is 5.82 Å². The van der Waals surface area contributed by atoms with E-state index in [2.05, 4.69) is 27.7 Å². The fraction of sp³-hybridized carbons (Fsp3) is 0.769. The lowest BCUT2D eigenvalue weighted by atomic mass is 9.93. The molecule has 0 saturated carbocycles. The van der Waals surface area contributed by atoms with E-state index in [1.807, 2.05) is 13.8 Å². The Morgan fingerprint density at radius 3 is 2.80 bits per heavy atom. The van der Waals surface area contributed by atoms with Crippen LogP contribution in [0.3, 0.4) is 0 Å². The lowest BCUT2D eigenvalue weighted by Crippen LogP contribution is -2.40. The Morgan fingerprint density at radius 2 is 2.20 bits per heavy atom. The van der Waals surface area contributed by atoms with Crippen LogP contribution in [0.1, 0.15) is 58.2 Å². The maximum Gasteiger partial charge on any atom is 0.229 e. The minimum Gasteiger partial charge on any atom is -0.344 e. The molecule has 1 fully saturated rings. The minimum atomic E-state index is -0.605. The zero-order chi connectivity index (χ0) is 14.0. The van der Waals surface area contributed by atoms with Crippen LogP contribution in [0.5, 0.6) is 0 Å². The van der Waals surface area contributed by atoms with Crippen molar-refractivity contribution in [2.24, 2.45) is 0 Å². The fourth-order valence-electron chi connectivity index (χ4n) is 2.51. The van der Waals surface area contributed by atoms with Crippen LogP contribution in [0.15, 0.2) is 4.52 Å². The van der Waals surface area contributed by atoms with Gasteiger partial charge in [-0.15, -0.1) is 12.4 Å². The SMILES string of the molecule is CC(=O)NC(C)(C)c1noc([C@H]2CCN[C@@H](C)C2)n1.Cl. The molecule has 0 aliphatic carbocycles. The van der Waals surface area contributed by atoms with E-state index in [0.717, 1.165) is 19.4 Å². The summed E-state index contributed by atoms with van der Waals surface area (Å²) in [6.07, 6.45) is 2.01. The molecule has 1 amide bonds. The van der Waals surface area contributed by atoms with Crippen LogP contribution in [-0.2, 0) is 10.3 Å². The number of carbonyl (C=O) groups excluding carboxylic acids is 1. The van der Waals surface area contributed by atoms with Crippen molar-refractivity contribution in [3.05, 3.63) is 11.7 Å². The van der Waals surface area contributed by atoms with Crippen molar-refractivity contribution >= 4 is 18.3 Å². The van der Waals surface area contributed by atoms with Gasteiger partial charge in [-0.25, -0.2) is 0 Å². The quantitative estimate of drug-likeness (QED) is 0.888. The first-order valence-electron chi connectivity index (χ1n) is 6.74. The molecule has 2 atom stereocenters. The largest absolute Gasteiger partial charge is 0.344 e. The van der Waals surface area contributed by atoms with Crippen LogP contribution in [0.2, 0.25) is 0 Å². The molecule has 0 spiro atoms. The van der Waals surface area contributed by atoms with Crippen molar-refractivity contribution < 1.29 is 9.32 Å². The van der Waals surface area contributed by atoms with E-state index in [0.29, 0.717) is 23.7 Å². The van der Waals surface area contributed by atoms with Crippen molar-refractivity contribution in [3.8, 4) is 0 Å². The summed E-state index contributed by atoms with van der Waals surface area (Å²) in [5.74, 6) is 1.42. The zero-order valence-corrected chi connectivity index (χ0v) is 13.2. The number of piperidine rings is 1. The Labute approximate surface area is 125 Å². The molecule has 114 valence electrons. The van der Waals surface area contributed by atoms with Crippen molar-refractivity contribution in [1.29, 1.82) is 0 Å². The number of rotatable bonds is 3. The summed E-state index contributed by atoms with van der Waals surface area (Å²) in [7, 11) is 0. The standard InChI is InChI=1S/C13H22N4O2.ClH/c1-8-7-10(5-6-14-8)11-15-12(17-19-11)13(3,4)16-9(2)18;/h8,10,14H,5-7H2,1-4H3,(H,16,18);1H/t8-,10-;/m0./s1. The van der Waals surface area contributed by atoms with Crippen molar-refractivity contribution in [2.45, 2.75) is 58.0 Å². The van der Waals surface area contributed by atoms with Gasteiger partial charge in [0.1, 0.15) is 0 Å². The third kappa shape index (κ3) is 3.93. The number of nitrogens with one attached hydrogen (secondary N) is 2. The van der Waals surface area contributed by atoms with Gasteiger partial charge in [0, 0.05) is 18.9 Å². The molecule has 0 aromatic carbocycles. The number of aromatic nitrogens is 2. The molecule has 7 heteroatoms. The summed E-state index contributed by atoms with van der Waals surface area (Å²) in [4.78, 5) is 15.7. The average Bonchev–Trinajstić information content (AvgIpc) is 2.77. The lowest BCUT2D eigenvalue weighted by Gasteiger charge is -2.25. The van der Waals surface area contributed by atoms with Gasteiger partial charge in [-0.2, -0.15) is 4.98 Å². The predicted molar refractivity (Wildman–Crippen MR) is 77.8 cm³/mol. The molecule has 1 aromatic heterocycles. The molecule has 0 unspecified atom stereocenters. The van der Waals surface area contributed by atoms with Gasteiger partial charge in [-0.05, 0) is 40.2 Å². The highest BCUT2D eigenvalue weighted by atomic mass is 35.5. The van der Waals surface area contributed by atoms with Crippen LogP contribution in [0.25, 0.3) is 0 Å². The molecule has 2 heterocycles. The van der Waals surface area contributed by atoms with Crippen LogP contribution in [0, 0.1) is 0 Å². The molecule has 6 nitrogen and oxygen atoms in total. The summed E-state index contributed by atoms with van der Waals surface area (Å²) >= 11 is 0. The highest BCUT2D eigenvalue weighted by Gasteiger charge is 2.30. The van der Waals surface area contributed by atoms with E-state index in [1.165, 1.54) is 6.92 Å². The highest BCUT2D eigenvalue weighted by Crippen LogP contribution is 2.28. The van der Waals surface area contributed by atoms with Gasteiger partial charge in [0.05, 0.1) is 5.54 Å². The molecule has 2 N–H and O–H groups in total. The second kappa shape index (κ2) is 6.54. The number of amides is 1. The van der Waals surface area contributed by atoms with Crippen LogP contribution < -0.4 is 10.6 Å². The third-order valence-corrected chi connectivity index (χ3v) is 3.46. The Balaban J connectivity index is 0.00000200. The Kier molecular flexibility index (Phi) is 5.53. The van der Waals surface area contributed by atoms with E-state index >= 15 is 0 Å². The molecular formula is C13H23ClN4O2. The Morgan fingerprint density at radius 1 is 1.50 bits per heavy atom. The lowest BCUT2D eigenvalue weighted by molar-refractivity contribution is -0.120. The summed E-state index contributed by atoms with van der Waals surface area (Å²) in [6.45, 7) is 8.35. The van der Waals surface area contributed by atoms with Crippen molar-refractivity contribution in [2.75, 3.05) is 6.54 Å². The second-order valence-electron chi connectivity index (χ2n) is 5.84. The number of carbonyl (C=O) groups is 1. The maximum absolute atomic E-state index is 11.2. The molecular weight excluding hydrogens is 280 g/mol. The zero-order valence-electron chi connectivity index (χ0n) is 12.4. The maximum atomic E-state index is 11.2. The average molecular weight is 303 g/mol. The van der Waals surface area contributed by atoms with Gasteiger partial charge in [0.25, 0.3) is 0 Å². The van der Waals surface area contributed by atoms with E-state index < -0.39 is 5.54 Å². The predicted octanol–water partition coefficient (Wildman–Crippen LogP) is 1.72. The monoisotopic (exact) mass is 302 g/mol. The molecule has 2 rings (SSSR count). The Bertz CT molecular complexity index is 461. The van der Waals surface area contributed by atoms with E-state index in [9.17, 15) is 4.79 Å². The van der Waals surface area contributed by atoms with Gasteiger partial charge in [-0.3, -0.25) is 4.79 Å². The molecule has 0 radical (unpaired) electrons. The van der Waals surface area contributed by atoms with Gasteiger partial charge in [-0.1, -0.05) is 5.16 Å². The second-order valence-corrected chi connectivity index (χ2v) is 5.84. The van der Waals surface area contributed by atoms with Crippen LogP contribution in [0.4, 0.5) is 0 Å². The highest BCUT2D eigenvalue weighted by molar-refractivity contribution is 5.85. The van der Waals surface area contributed by atoms with E-state index in [1.54, 1.807) is 0 Å². The Hall–Kier alpha value is -1.14. The van der Waals surface area contributed by atoms with E-state index in [4.69, 9.17) is 4.52 Å². The summed E-state index contributed by atoms with van der Waals surface area (Å²) in [5, 5.41) is 10.2. The summed E-state index contributed by atoms with van der Waals surface area (Å²) in [5.41, 5.74) is -0.605. The number of hydrogen-bond acceptors (Lipinski definition) is 5. The summed E-state index contributed by atoms with van der Waals surface area (Å²) in [6, 6.07) is 0.470. The normalized spacial score (nSPS) is 23.0. The molecule has 1 aromatic rings. The summed E-state index contributed by atoms with van der Waals surface area (Å²) < 4.78 is 5.38. The number of nitrogens with zero attached hydrogens (tertiary/aromatic N) is 2. The first-order valence-corrected chi connectivity index (χ1v) is 6.74. The van der Waals surface area contributed by atoms with Gasteiger partial charge in [0.2, 0.25) is 11.8 Å². The number of hydrogen-bond donors (Lipinski definition) is 2. The molecule has 20 heavy (non-hydrogen) atoms. The van der Waals surface area contributed by atoms with Crippen LogP contribution in [-0.4, -0.2) is 28.6 Å². The minimum absolute atomic E-state index is 0. The van der Waals surface area contributed by atoms with Gasteiger partial charge >= 0.3 is 0 Å². The van der Waals surface area contributed by atoms with Gasteiger partial charge < -0.3 is 15.2 Å². The molecule has 1 aliphatic rings. The van der Waals surface area contributed by atoms with E-state index in [-0.39, 0.29) is 18.3 Å². The fourth-order valence-corrected chi connectivity index (χ4v) is 2.51. The topological polar surface area (TPSA) is 80.0 Å². The molecule has 1 aliphatic heterocycles. The molecule has 1 saturated heterocycles. The van der Waals surface area contributed by atoms with Crippen molar-refractivity contribution in [3.63, 3.8) is 0 Å². The smallest absolute Gasteiger partial charge is 0.229 e. The molecule has 0 bridgehead atoms. The number of halogens is 1. The van der Waals surface area contributed by atoms with Crippen molar-refractivity contribution in [1.82, 2.24) is 20.8 Å².